The molecule has 0 aliphatic carbocycles. The minimum absolute atomic E-state index is 0.716. The molecule has 0 saturated carbocycles. The Morgan fingerprint density at radius 1 is 1.05 bits per heavy atom. The largest absolute Gasteiger partial charge is 0.496 e. The number of nitrogens with one attached hydrogen (secondary N) is 1. The minimum Gasteiger partial charge on any atom is -0.496 e. The second-order valence-electron chi connectivity index (χ2n) is 4.47. The van der Waals surface area contributed by atoms with Crippen LogP contribution in [-0.2, 0) is 0 Å². The summed E-state index contributed by atoms with van der Waals surface area (Å²) in [6.45, 7) is 0. The van der Waals surface area contributed by atoms with Crippen LogP contribution in [0.2, 0.25) is 0 Å². The van der Waals surface area contributed by atoms with E-state index in [2.05, 4.69) is 10.3 Å². The summed E-state index contributed by atoms with van der Waals surface area (Å²) in [4.78, 5) is 4.40. The normalized spacial score (nSPS) is 10.4. The van der Waals surface area contributed by atoms with Gasteiger partial charge in [-0.05, 0) is 30.3 Å². The third-order valence-electron chi connectivity index (χ3n) is 3.14. The number of nitrogens with two attached hydrogens (primary N) is 1. The summed E-state index contributed by atoms with van der Waals surface area (Å²) in [5.74, 6) is 1.62. The zero-order valence-electron chi connectivity index (χ0n) is 11.1. The topological polar surface area (TPSA) is 60.2 Å². The highest BCUT2D eigenvalue weighted by atomic mass is 16.5. The van der Waals surface area contributed by atoms with Crippen molar-refractivity contribution in [2.24, 2.45) is 0 Å². The minimum atomic E-state index is 0.716. The standard InChI is InChI=1S/C16H15N3O/c1-20-15-7-3-6-14-13(15)8-9-18-16(14)19-12-5-2-4-11(17)10-12/h2-10H,17H2,1H3,(H,18,19). The zero-order valence-corrected chi connectivity index (χ0v) is 11.1. The molecule has 0 aliphatic rings. The fraction of sp³-hybridized carbons (Fsp3) is 0.0625. The maximum Gasteiger partial charge on any atom is 0.138 e. The number of benzene rings is 2. The molecule has 20 heavy (non-hydrogen) atoms. The number of rotatable bonds is 3. The van der Waals surface area contributed by atoms with Crippen molar-refractivity contribution in [2.75, 3.05) is 18.2 Å². The maximum absolute atomic E-state index is 5.79. The van der Waals surface area contributed by atoms with Gasteiger partial charge in [0.05, 0.1) is 7.11 Å². The molecule has 3 N–H and O–H groups in total. The second-order valence-corrected chi connectivity index (χ2v) is 4.47. The fourth-order valence-electron chi connectivity index (χ4n) is 2.21. The Morgan fingerprint density at radius 2 is 1.90 bits per heavy atom. The molecule has 100 valence electrons. The van der Waals surface area contributed by atoms with Gasteiger partial charge in [0, 0.05) is 28.3 Å². The first-order chi connectivity index (χ1) is 9.78. The number of hydrogen-bond acceptors (Lipinski definition) is 4. The molecule has 0 unspecified atom stereocenters. The van der Waals surface area contributed by atoms with E-state index in [1.54, 1.807) is 13.3 Å². The third-order valence-corrected chi connectivity index (χ3v) is 3.14. The monoisotopic (exact) mass is 265 g/mol. The number of aromatic nitrogens is 1. The van der Waals surface area contributed by atoms with Crippen molar-refractivity contribution < 1.29 is 4.74 Å². The smallest absolute Gasteiger partial charge is 0.138 e. The Labute approximate surface area is 117 Å². The molecule has 3 rings (SSSR count). The van der Waals surface area contributed by atoms with Crippen molar-refractivity contribution in [3.05, 3.63) is 54.7 Å². The number of nitrogens with zero attached hydrogens (tertiary/aromatic N) is 1. The molecule has 0 fully saturated rings. The van der Waals surface area contributed by atoms with Crippen molar-refractivity contribution in [1.29, 1.82) is 0 Å². The van der Waals surface area contributed by atoms with Gasteiger partial charge in [-0.25, -0.2) is 4.98 Å². The number of nitrogen functional groups attached to an aromatic ring is 1. The van der Waals surface area contributed by atoms with Crippen LogP contribution in [0.1, 0.15) is 0 Å². The fourth-order valence-corrected chi connectivity index (χ4v) is 2.21. The average Bonchev–Trinajstić information content (AvgIpc) is 2.47. The molecule has 2 aromatic carbocycles. The number of methoxy groups -OCH3 is 1. The van der Waals surface area contributed by atoms with E-state index in [-0.39, 0.29) is 0 Å². The molecule has 0 atom stereocenters. The van der Waals surface area contributed by atoms with Crippen LogP contribution in [0.5, 0.6) is 5.75 Å². The SMILES string of the molecule is COc1cccc2c(Nc3cccc(N)c3)nccc12. The summed E-state index contributed by atoms with van der Waals surface area (Å²) in [5.41, 5.74) is 7.42. The van der Waals surface area contributed by atoms with E-state index in [4.69, 9.17) is 10.5 Å². The molecule has 0 saturated heterocycles. The van der Waals surface area contributed by atoms with E-state index in [1.165, 1.54) is 0 Å². The molecular formula is C16H15N3O. The van der Waals surface area contributed by atoms with Gasteiger partial charge < -0.3 is 15.8 Å². The quantitative estimate of drug-likeness (QED) is 0.711. The predicted molar refractivity (Wildman–Crippen MR) is 82.4 cm³/mol. The van der Waals surface area contributed by atoms with Crippen molar-refractivity contribution in [1.82, 2.24) is 4.98 Å². The van der Waals surface area contributed by atoms with E-state index in [9.17, 15) is 0 Å². The Kier molecular flexibility index (Phi) is 3.13. The Balaban J connectivity index is 2.08. The lowest BCUT2D eigenvalue weighted by atomic mass is 10.1. The summed E-state index contributed by atoms with van der Waals surface area (Å²) in [6.07, 6.45) is 1.76. The van der Waals surface area contributed by atoms with Crippen LogP contribution in [0.15, 0.2) is 54.7 Å². The number of anilines is 3. The molecule has 0 bridgehead atoms. The van der Waals surface area contributed by atoms with Crippen LogP contribution in [0.4, 0.5) is 17.2 Å². The van der Waals surface area contributed by atoms with Crippen LogP contribution in [-0.4, -0.2) is 12.1 Å². The molecule has 0 amide bonds. The van der Waals surface area contributed by atoms with E-state index < -0.39 is 0 Å². The maximum atomic E-state index is 5.79. The molecule has 1 aromatic heterocycles. The van der Waals surface area contributed by atoms with Gasteiger partial charge in [0.15, 0.2) is 0 Å². The highest BCUT2D eigenvalue weighted by Gasteiger charge is 2.06. The summed E-state index contributed by atoms with van der Waals surface area (Å²) in [6, 6.07) is 15.4. The van der Waals surface area contributed by atoms with Crippen LogP contribution < -0.4 is 15.8 Å². The van der Waals surface area contributed by atoms with E-state index in [1.807, 2.05) is 48.5 Å². The van der Waals surface area contributed by atoms with Crippen LogP contribution in [0.3, 0.4) is 0 Å². The van der Waals surface area contributed by atoms with Crippen LogP contribution in [0.25, 0.3) is 10.8 Å². The molecular weight excluding hydrogens is 250 g/mol. The second kappa shape index (κ2) is 5.09. The van der Waals surface area contributed by atoms with Gasteiger partial charge in [-0.2, -0.15) is 0 Å². The van der Waals surface area contributed by atoms with Crippen LogP contribution in [0, 0.1) is 0 Å². The Morgan fingerprint density at radius 3 is 2.70 bits per heavy atom. The molecule has 4 heteroatoms. The molecule has 1 heterocycles. The zero-order chi connectivity index (χ0) is 13.9. The van der Waals surface area contributed by atoms with E-state index in [0.717, 1.165) is 28.0 Å². The lowest BCUT2D eigenvalue weighted by molar-refractivity contribution is 0.420. The van der Waals surface area contributed by atoms with Crippen molar-refractivity contribution in [3.63, 3.8) is 0 Å². The molecule has 0 spiro atoms. The lowest BCUT2D eigenvalue weighted by Crippen LogP contribution is -1.96. The van der Waals surface area contributed by atoms with E-state index >= 15 is 0 Å². The van der Waals surface area contributed by atoms with Gasteiger partial charge in [0.2, 0.25) is 0 Å². The molecule has 0 aliphatic heterocycles. The third kappa shape index (κ3) is 2.23. The summed E-state index contributed by atoms with van der Waals surface area (Å²) >= 11 is 0. The number of hydrogen-bond donors (Lipinski definition) is 2. The highest BCUT2D eigenvalue weighted by Crippen LogP contribution is 2.30. The molecule has 4 nitrogen and oxygen atoms in total. The highest BCUT2D eigenvalue weighted by molar-refractivity contribution is 5.97. The van der Waals surface area contributed by atoms with Crippen molar-refractivity contribution in [2.45, 2.75) is 0 Å². The molecule has 0 radical (unpaired) electrons. The van der Waals surface area contributed by atoms with Crippen molar-refractivity contribution in [3.8, 4) is 5.75 Å². The van der Waals surface area contributed by atoms with Crippen molar-refractivity contribution >= 4 is 28.0 Å². The Hall–Kier alpha value is -2.75. The van der Waals surface area contributed by atoms with E-state index in [0.29, 0.717) is 5.69 Å². The van der Waals surface area contributed by atoms with Gasteiger partial charge in [-0.15, -0.1) is 0 Å². The van der Waals surface area contributed by atoms with Gasteiger partial charge >= 0.3 is 0 Å². The predicted octanol–water partition coefficient (Wildman–Crippen LogP) is 3.57. The van der Waals surface area contributed by atoms with Gasteiger partial charge in [0.1, 0.15) is 11.6 Å². The number of pyridine rings is 1. The number of ether oxygens (including phenoxy) is 1. The average molecular weight is 265 g/mol. The molecule has 3 aromatic rings. The summed E-state index contributed by atoms with van der Waals surface area (Å²) < 4.78 is 5.38. The first-order valence-corrected chi connectivity index (χ1v) is 6.32. The summed E-state index contributed by atoms with van der Waals surface area (Å²) in [5, 5.41) is 5.33. The van der Waals surface area contributed by atoms with Crippen LogP contribution >= 0.6 is 0 Å². The lowest BCUT2D eigenvalue weighted by Gasteiger charge is -2.11. The van der Waals surface area contributed by atoms with Gasteiger partial charge in [-0.3, -0.25) is 0 Å². The van der Waals surface area contributed by atoms with Gasteiger partial charge in [-0.1, -0.05) is 18.2 Å². The first-order valence-electron chi connectivity index (χ1n) is 6.32. The van der Waals surface area contributed by atoms with Gasteiger partial charge in [0.25, 0.3) is 0 Å². The Bertz CT molecular complexity index is 756. The summed E-state index contributed by atoms with van der Waals surface area (Å²) in [7, 11) is 1.67. The first kappa shape index (κ1) is 12.3. The number of fused-ring (bicyclic) bond motifs is 1.